The van der Waals surface area contributed by atoms with Crippen molar-refractivity contribution in [3.05, 3.63) is 53.0 Å². The molecule has 2 aromatic rings. The third kappa shape index (κ3) is 5.61. The summed E-state index contributed by atoms with van der Waals surface area (Å²) in [6.07, 6.45) is 9.83. The Hall–Kier alpha value is -2.31. The van der Waals surface area contributed by atoms with E-state index in [1.165, 1.54) is 0 Å². The molecule has 3 rings (SSSR count). The standard InChI is InChI=1S/C17H16BNO2.C6H14O2/c1-2-21-16-11-19(13-6-4-3-5-7-13)17(20)15-10-12(18)8-9-14(15)16;1-5(2,7)6(3,4)8/h4,6-11H,2-3,5H2,1H3;7-8H,1-4H3. The van der Waals surface area contributed by atoms with Gasteiger partial charge in [0.15, 0.2) is 0 Å². The quantitative estimate of drug-likeness (QED) is 0.781. The van der Waals surface area contributed by atoms with Gasteiger partial charge in [-0.1, -0.05) is 35.8 Å². The maximum atomic E-state index is 12.7. The number of fused-ring (bicyclic) bond motifs is 1. The number of benzene rings is 1. The summed E-state index contributed by atoms with van der Waals surface area (Å²) >= 11 is 0. The van der Waals surface area contributed by atoms with Gasteiger partial charge < -0.3 is 14.9 Å². The van der Waals surface area contributed by atoms with E-state index in [-0.39, 0.29) is 5.56 Å². The number of nitrogens with zero attached hydrogens (tertiary/aromatic N) is 1. The number of aliphatic hydroxyl groups is 2. The molecule has 0 atom stereocenters. The SMILES string of the molecule is CC(C)(O)C(C)(C)O.[B]c1ccc2c(OCC)cn(C3=CCCC=C3)c(=O)c2c1. The molecule has 0 saturated heterocycles. The van der Waals surface area contributed by atoms with Gasteiger partial charge in [0, 0.05) is 11.1 Å². The van der Waals surface area contributed by atoms with E-state index in [0.717, 1.165) is 23.9 Å². The van der Waals surface area contributed by atoms with Crippen LogP contribution in [0.3, 0.4) is 0 Å². The Labute approximate surface area is 173 Å². The number of allylic oxidation sites excluding steroid dienone is 4. The summed E-state index contributed by atoms with van der Waals surface area (Å²) in [7, 11) is 5.83. The molecule has 0 fully saturated rings. The predicted molar refractivity (Wildman–Crippen MR) is 120 cm³/mol. The first-order chi connectivity index (χ1) is 13.5. The first-order valence-corrected chi connectivity index (χ1v) is 9.85. The number of rotatable bonds is 4. The second-order valence-electron chi connectivity index (χ2n) is 8.13. The van der Waals surface area contributed by atoms with Gasteiger partial charge in [-0.25, -0.2) is 0 Å². The highest BCUT2D eigenvalue weighted by Gasteiger charge is 2.31. The van der Waals surface area contributed by atoms with Gasteiger partial charge in [-0.05, 0) is 53.5 Å². The molecule has 1 aromatic heterocycles. The van der Waals surface area contributed by atoms with Crippen LogP contribution in [0.2, 0.25) is 0 Å². The maximum Gasteiger partial charge on any atom is 0.263 e. The lowest BCUT2D eigenvalue weighted by Gasteiger charge is -2.31. The molecule has 1 aromatic carbocycles. The number of hydrogen-bond donors (Lipinski definition) is 2. The second kappa shape index (κ2) is 9.01. The van der Waals surface area contributed by atoms with E-state index in [0.29, 0.717) is 23.2 Å². The van der Waals surface area contributed by atoms with Crippen LogP contribution in [-0.4, -0.2) is 40.4 Å². The van der Waals surface area contributed by atoms with Crippen LogP contribution in [0, 0.1) is 0 Å². The molecule has 1 aliphatic carbocycles. The molecule has 0 aliphatic heterocycles. The summed E-state index contributed by atoms with van der Waals surface area (Å²) in [5.41, 5.74) is -0.622. The third-order valence-electron chi connectivity index (χ3n) is 5.06. The molecule has 0 spiro atoms. The van der Waals surface area contributed by atoms with Gasteiger partial charge in [0.25, 0.3) is 5.56 Å². The minimum atomic E-state index is -1.01. The van der Waals surface area contributed by atoms with Gasteiger partial charge in [-0.2, -0.15) is 0 Å². The zero-order valence-electron chi connectivity index (χ0n) is 17.9. The second-order valence-corrected chi connectivity index (χ2v) is 8.13. The van der Waals surface area contributed by atoms with Gasteiger partial charge in [0.05, 0.1) is 29.4 Å². The van der Waals surface area contributed by atoms with Crippen LogP contribution in [-0.2, 0) is 0 Å². The molecule has 0 bridgehead atoms. The predicted octanol–water partition coefficient (Wildman–Crippen LogP) is 2.91. The highest BCUT2D eigenvalue weighted by molar-refractivity contribution is 6.33. The third-order valence-corrected chi connectivity index (χ3v) is 5.06. The Morgan fingerprint density at radius 1 is 1.10 bits per heavy atom. The average Bonchev–Trinajstić information content (AvgIpc) is 2.64. The van der Waals surface area contributed by atoms with Crippen LogP contribution in [0.25, 0.3) is 16.5 Å². The van der Waals surface area contributed by atoms with Crippen molar-refractivity contribution in [1.29, 1.82) is 0 Å². The monoisotopic (exact) mass is 395 g/mol. The summed E-state index contributed by atoms with van der Waals surface area (Å²) in [5.74, 6) is 0.701. The van der Waals surface area contributed by atoms with Crippen LogP contribution < -0.4 is 15.8 Å². The van der Waals surface area contributed by atoms with E-state index in [4.69, 9.17) is 22.8 Å². The molecule has 154 valence electrons. The van der Waals surface area contributed by atoms with Gasteiger partial charge in [-0.15, -0.1) is 0 Å². The van der Waals surface area contributed by atoms with E-state index >= 15 is 0 Å². The number of pyridine rings is 1. The van der Waals surface area contributed by atoms with E-state index in [1.807, 2.05) is 19.1 Å². The Kier molecular flexibility index (Phi) is 7.14. The maximum absolute atomic E-state index is 12.7. The first-order valence-electron chi connectivity index (χ1n) is 9.85. The molecule has 0 amide bonds. The minimum Gasteiger partial charge on any atom is -0.492 e. The molecule has 29 heavy (non-hydrogen) atoms. The van der Waals surface area contributed by atoms with Gasteiger partial charge in [-0.3, -0.25) is 9.36 Å². The summed E-state index contributed by atoms with van der Waals surface area (Å²) in [6, 6.07) is 5.34. The van der Waals surface area contributed by atoms with Gasteiger partial charge >= 0.3 is 0 Å². The van der Waals surface area contributed by atoms with E-state index in [1.54, 1.807) is 50.6 Å². The average molecular weight is 395 g/mol. The fraction of sp³-hybridized carbons (Fsp3) is 0.435. The zero-order chi connectivity index (χ0) is 21.8. The highest BCUT2D eigenvalue weighted by atomic mass is 16.5. The molecule has 6 heteroatoms. The van der Waals surface area contributed by atoms with Crippen molar-refractivity contribution in [2.75, 3.05) is 6.61 Å². The summed E-state index contributed by atoms with van der Waals surface area (Å²) in [4.78, 5) is 12.7. The van der Waals surface area contributed by atoms with E-state index in [9.17, 15) is 4.79 Å². The van der Waals surface area contributed by atoms with Crippen LogP contribution in [0.15, 0.2) is 47.4 Å². The van der Waals surface area contributed by atoms with Crippen LogP contribution in [0.1, 0.15) is 47.5 Å². The van der Waals surface area contributed by atoms with Crippen LogP contribution >= 0.6 is 0 Å². The molecule has 1 heterocycles. The lowest BCUT2D eigenvalue weighted by atomic mass is 9.90. The summed E-state index contributed by atoms with van der Waals surface area (Å²) in [6.45, 7) is 8.78. The van der Waals surface area contributed by atoms with Crippen molar-refractivity contribution < 1.29 is 14.9 Å². The van der Waals surface area contributed by atoms with Crippen molar-refractivity contribution in [2.24, 2.45) is 0 Å². The smallest absolute Gasteiger partial charge is 0.263 e. The van der Waals surface area contributed by atoms with Crippen molar-refractivity contribution in [3.63, 3.8) is 0 Å². The number of ether oxygens (including phenoxy) is 1. The molecule has 0 saturated carbocycles. The summed E-state index contributed by atoms with van der Waals surface area (Å²) < 4.78 is 7.33. The molecule has 5 nitrogen and oxygen atoms in total. The number of aromatic nitrogens is 1. The Morgan fingerprint density at radius 2 is 1.76 bits per heavy atom. The van der Waals surface area contributed by atoms with Crippen LogP contribution in [0.5, 0.6) is 5.75 Å². The molecular weight excluding hydrogens is 365 g/mol. The molecule has 0 unspecified atom stereocenters. The minimum absolute atomic E-state index is 0.0708. The Balaban J connectivity index is 0.000000321. The lowest BCUT2D eigenvalue weighted by molar-refractivity contribution is -0.107. The Bertz CT molecular complexity index is 963. The topological polar surface area (TPSA) is 71.7 Å². The number of hydrogen-bond acceptors (Lipinski definition) is 4. The van der Waals surface area contributed by atoms with Crippen molar-refractivity contribution in [2.45, 2.75) is 58.7 Å². The molecular formula is C23H30BNO4. The van der Waals surface area contributed by atoms with Crippen molar-refractivity contribution in [3.8, 4) is 5.75 Å². The fourth-order valence-corrected chi connectivity index (χ4v) is 2.57. The van der Waals surface area contributed by atoms with Crippen molar-refractivity contribution in [1.82, 2.24) is 4.57 Å². The van der Waals surface area contributed by atoms with E-state index < -0.39 is 11.2 Å². The first kappa shape index (κ1) is 23.0. The van der Waals surface area contributed by atoms with Gasteiger partial charge in [0.1, 0.15) is 13.6 Å². The highest BCUT2D eigenvalue weighted by Crippen LogP contribution is 2.25. The lowest BCUT2D eigenvalue weighted by Crippen LogP contribution is -2.44. The van der Waals surface area contributed by atoms with Crippen molar-refractivity contribution >= 4 is 29.8 Å². The van der Waals surface area contributed by atoms with Crippen LogP contribution in [0.4, 0.5) is 0 Å². The largest absolute Gasteiger partial charge is 0.492 e. The fourth-order valence-electron chi connectivity index (χ4n) is 2.57. The van der Waals surface area contributed by atoms with E-state index in [2.05, 4.69) is 12.2 Å². The molecule has 2 N–H and O–H groups in total. The summed E-state index contributed by atoms with van der Waals surface area (Å²) in [5, 5.41) is 19.6. The molecule has 2 radical (unpaired) electrons. The molecule has 1 aliphatic rings. The van der Waals surface area contributed by atoms with Gasteiger partial charge in [0.2, 0.25) is 0 Å². The Morgan fingerprint density at radius 3 is 2.28 bits per heavy atom. The zero-order valence-corrected chi connectivity index (χ0v) is 17.9. The normalized spacial score (nSPS) is 14.2.